The standard InChI is InChI=1S/C10H8N4O3/c15-10-9-8(5-11-12-10)13(16)6-3-1-2-4-7(6)14(9)17/h1-4,11H,5H2,(H,12,15). The molecule has 0 fully saturated rings. The van der Waals surface area contributed by atoms with E-state index >= 15 is 0 Å². The van der Waals surface area contributed by atoms with E-state index in [1.54, 1.807) is 18.2 Å². The van der Waals surface area contributed by atoms with Gasteiger partial charge in [-0.15, -0.1) is 4.73 Å². The van der Waals surface area contributed by atoms with Gasteiger partial charge in [0.15, 0.2) is 0 Å². The molecule has 86 valence electrons. The molecule has 0 spiro atoms. The Hall–Kier alpha value is -2.41. The molecule has 0 bridgehead atoms. The normalized spacial score (nSPS) is 14.5. The lowest BCUT2D eigenvalue weighted by molar-refractivity contribution is -0.637. The van der Waals surface area contributed by atoms with Crippen molar-refractivity contribution in [2.45, 2.75) is 6.54 Å². The second-order valence-electron chi connectivity index (χ2n) is 3.68. The van der Waals surface area contributed by atoms with Crippen molar-refractivity contribution < 1.29 is 14.3 Å². The van der Waals surface area contributed by atoms with Gasteiger partial charge in [-0.3, -0.25) is 10.2 Å². The van der Waals surface area contributed by atoms with Gasteiger partial charge in [0.25, 0.3) is 16.7 Å². The summed E-state index contributed by atoms with van der Waals surface area (Å²) in [5.41, 5.74) is 5.26. The first-order valence-electron chi connectivity index (χ1n) is 5.00. The number of benzene rings is 1. The van der Waals surface area contributed by atoms with Gasteiger partial charge in [0, 0.05) is 12.1 Å². The molecule has 2 heterocycles. The zero-order chi connectivity index (χ0) is 12.0. The van der Waals surface area contributed by atoms with Crippen molar-refractivity contribution in [1.29, 1.82) is 0 Å². The molecule has 1 amide bonds. The van der Waals surface area contributed by atoms with Crippen molar-refractivity contribution in [3.05, 3.63) is 46.1 Å². The summed E-state index contributed by atoms with van der Waals surface area (Å²) >= 11 is 0. The molecule has 0 radical (unpaired) electrons. The third kappa shape index (κ3) is 1.23. The highest BCUT2D eigenvalue weighted by molar-refractivity contribution is 5.92. The van der Waals surface area contributed by atoms with E-state index in [0.717, 1.165) is 0 Å². The monoisotopic (exact) mass is 232 g/mol. The van der Waals surface area contributed by atoms with E-state index in [-0.39, 0.29) is 29.0 Å². The highest BCUT2D eigenvalue weighted by Gasteiger charge is 2.35. The van der Waals surface area contributed by atoms with Crippen LogP contribution in [-0.2, 0) is 6.54 Å². The lowest BCUT2D eigenvalue weighted by Crippen LogP contribution is -2.56. The van der Waals surface area contributed by atoms with E-state index in [0.29, 0.717) is 9.46 Å². The molecule has 1 aliphatic rings. The van der Waals surface area contributed by atoms with E-state index in [4.69, 9.17) is 0 Å². The molecule has 7 heteroatoms. The van der Waals surface area contributed by atoms with Crippen LogP contribution >= 0.6 is 0 Å². The Labute approximate surface area is 95.4 Å². The van der Waals surface area contributed by atoms with Gasteiger partial charge in [-0.25, -0.2) is 5.43 Å². The number of hydrogen-bond donors (Lipinski definition) is 2. The van der Waals surface area contributed by atoms with Crippen LogP contribution < -0.4 is 20.3 Å². The molecule has 0 unspecified atom stereocenters. The summed E-state index contributed by atoms with van der Waals surface area (Å²) in [5, 5.41) is 24.0. The topological polar surface area (TPSA) is 95.0 Å². The number of aromatic nitrogens is 2. The Bertz CT molecular complexity index is 641. The minimum Gasteiger partial charge on any atom is -0.618 e. The van der Waals surface area contributed by atoms with Crippen LogP contribution in [0.4, 0.5) is 0 Å². The fourth-order valence-corrected chi connectivity index (χ4v) is 1.93. The minimum atomic E-state index is -0.600. The minimum absolute atomic E-state index is 0.123. The number of carbonyl (C=O) groups excluding carboxylic acids is 1. The van der Waals surface area contributed by atoms with Crippen LogP contribution in [0.2, 0.25) is 0 Å². The third-order valence-electron chi connectivity index (χ3n) is 2.71. The SMILES string of the molecule is O=C1NNCc2c1[n+]([O-])c1ccccc1[n+]2[O-]. The molecule has 17 heavy (non-hydrogen) atoms. The molecular formula is C10H8N4O3. The number of para-hydroxylation sites is 2. The van der Waals surface area contributed by atoms with Crippen LogP contribution in [0.15, 0.2) is 24.3 Å². The smallest absolute Gasteiger partial charge is 0.354 e. The summed E-state index contributed by atoms with van der Waals surface area (Å²) in [6.07, 6.45) is 0. The summed E-state index contributed by atoms with van der Waals surface area (Å²) in [7, 11) is 0. The molecule has 3 rings (SSSR count). The van der Waals surface area contributed by atoms with Gasteiger partial charge in [0.05, 0.1) is 0 Å². The van der Waals surface area contributed by atoms with Crippen molar-refractivity contribution in [2.75, 3.05) is 0 Å². The highest BCUT2D eigenvalue weighted by atomic mass is 16.5. The summed E-state index contributed by atoms with van der Waals surface area (Å²) in [6.45, 7) is 0.123. The quantitative estimate of drug-likeness (QED) is 0.443. The lowest BCUT2D eigenvalue weighted by atomic mass is 10.2. The average Bonchev–Trinajstić information content (AvgIpc) is 2.36. The number of nitrogens with zero attached hydrogens (tertiary/aromatic N) is 2. The largest absolute Gasteiger partial charge is 0.618 e. The molecule has 2 N–H and O–H groups in total. The van der Waals surface area contributed by atoms with Crippen LogP contribution in [0.3, 0.4) is 0 Å². The molecule has 2 aromatic rings. The fourth-order valence-electron chi connectivity index (χ4n) is 1.93. The van der Waals surface area contributed by atoms with Crippen LogP contribution in [0.25, 0.3) is 11.0 Å². The van der Waals surface area contributed by atoms with Crippen LogP contribution in [-0.4, -0.2) is 5.91 Å². The first-order chi connectivity index (χ1) is 8.20. The summed E-state index contributed by atoms with van der Waals surface area (Å²) in [4.78, 5) is 11.6. The molecular weight excluding hydrogens is 224 g/mol. The second kappa shape index (κ2) is 3.29. The zero-order valence-electron chi connectivity index (χ0n) is 8.64. The Kier molecular flexibility index (Phi) is 1.89. The number of nitrogens with one attached hydrogen (secondary N) is 2. The van der Waals surface area contributed by atoms with Crippen LogP contribution in [0.1, 0.15) is 16.2 Å². The highest BCUT2D eigenvalue weighted by Crippen LogP contribution is 2.10. The first kappa shape index (κ1) is 9.79. The van der Waals surface area contributed by atoms with Crippen LogP contribution in [0.5, 0.6) is 0 Å². The Morgan fingerprint density at radius 3 is 2.47 bits per heavy atom. The van der Waals surface area contributed by atoms with E-state index in [1.165, 1.54) is 6.07 Å². The third-order valence-corrected chi connectivity index (χ3v) is 2.71. The Balaban J connectivity index is 2.48. The summed E-state index contributed by atoms with van der Waals surface area (Å²) in [6, 6.07) is 6.36. The van der Waals surface area contributed by atoms with Gasteiger partial charge >= 0.3 is 11.6 Å². The van der Waals surface area contributed by atoms with Crippen LogP contribution in [0, 0.1) is 10.4 Å². The molecule has 0 atom stereocenters. The number of rotatable bonds is 0. The Morgan fingerprint density at radius 2 is 1.76 bits per heavy atom. The fraction of sp³-hybridized carbons (Fsp3) is 0.100. The lowest BCUT2D eigenvalue weighted by Gasteiger charge is -2.16. The van der Waals surface area contributed by atoms with Crippen molar-refractivity contribution >= 4 is 16.9 Å². The average molecular weight is 232 g/mol. The van der Waals surface area contributed by atoms with E-state index in [1.807, 2.05) is 0 Å². The maximum absolute atomic E-state index is 12.0. The molecule has 1 aliphatic heterocycles. The maximum atomic E-state index is 12.0. The molecule has 0 aliphatic carbocycles. The van der Waals surface area contributed by atoms with Crippen molar-refractivity contribution in [3.8, 4) is 0 Å². The van der Waals surface area contributed by atoms with Crippen molar-refractivity contribution in [2.24, 2.45) is 0 Å². The van der Waals surface area contributed by atoms with Gasteiger partial charge in [-0.1, -0.05) is 12.1 Å². The van der Waals surface area contributed by atoms with Gasteiger partial charge in [0.1, 0.15) is 6.54 Å². The number of hydrazine groups is 1. The van der Waals surface area contributed by atoms with Gasteiger partial charge in [-0.2, -0.15) is 4.73 Å². The second-order valence-corrected chi connectivity index (χ2v) is 3.68. The molecule has 1 aromatic carbocycles. The van der Waals surface area contributed by atoms with Gasteiger partial charge in [-0.05, 0) is 0 Å². The number of carbonyl (C=O) groups is 1. The molecule has 0 saturated carbocycles. The van der Waals surface area contributed by atoms with E-state index < -0.39 is 5.91 Å². The molecule has 0 saturated heterocycles. The number of hydrogen-bond acceptors (Lipinski definition) is 4. The predicted molar refractivity (Wildman–Crippen MR) is 56.2 cm³/mol. The summed E-state index contributed by atoms with van der Waals surface area (Å²) < 4.78 is 1.11. The number of fused-ring (bicyclic) bond motifs is 2. The van der Waals surface area contributed by atoms with Gasteiger partial charge < -0.3 is 10.4 Å². The first-order valence-corrected chi connectivity index (χ1v) is 5.00. The molecule has 1 aromatic heterocycles. The molecule has 7 nitrogen and oxygen atoms in total. The maximum Gasteiger partial charge on any atom is 0.354 e. The zero-order valence-corrected chi connectivity index (χ0v) is 8.64. The van der Waals surface area contributed by atoms with E-state index in [2.05, 4.69) is 10.9 Å². The predicted octanol–water partition coefficient (Wildman–Crippen LogP) is -1.15. The van der Waals surface area contributed by atoms with Gasteiger partial charge in [0.2, 0.25) is 0 Å². The summed E-state index contributed by atoms with van der Waals surface area (Å²) in [5.74, 6) is -0.600. The number of amides is 1. The van der Waals surface area contributed by atoms with E-state index in [9.17, 15) is 15.2 Å². The Morgan fingerprint density at radius 1 is 1.12 bits per heavy atom. The van der Waals surface area contributed by atoms with Crippen molar-refractivity contribution in [3.63, 3.8) is 0 Å². The van der Waals surface area contributed by atoms with Crippen molar-refractivity contribution in [1.82, 2.24) is 10.9 Å².